The summed E-state index contributed by atoms with van der Waals surface area (Å²) < 4.78 is 1.74. The molecule has 0 bridgehead atoms. The highest BCUT2D eigenvalue weighted by Crippen LogP contribution is 2.27. The number of aromatic nitrogens is 4. The number of rotatable bonds is 4. The molecule has 7 heteroatoms. The smallest absolute Gasteiger partial charge is 0.187 e. The van der Waals surface area contributed by atoms with Gasteiger partial charge in [-0.3, -0.25) is 0 Å². The fraction of sp³-hybridized carbons (Fsp3) is 0.188. The third kappa shape index (κ3) is 3.68. The average molecular weight is 365 g/mol. The van der Waals surface area contributed by atoms with Crippen LogP contribution in [0.4, 0.5) is 0 Å². The molecule has 0 radical (unpaired) electrons. The van der Waals surface area contributed by atoms with Crippen LogP contribution in [-0.2, 0) is 5.75 Å². The predicted octanol–water partition coefficient (Wildman–Crippen LogP) is 4.88. The zero-order valence-electron chi connectivity index (χ0n) is 12.6. The van der Waals surface area contributed by atoms with Crippen molar-refractivity contribution in [2.45, 2.75) is 24.8 Å². The van der Waals surface area contributed by atoms with E-state index in [0.717, 1.165) is 16.4 Å². The van der Waals surface area contributed by atoms with Crippen molar-refractivity contribution in [1.82, 2.24) is 20.2 Å². The van der Waals surface area contributed by atoms with E-state index < -0.39 is 0 Å². The van der Waals surface area contributed by atoms with Crippen LogP contribution in [0.1, 0.15) is 16.7 Å². The first-order valence-electron chi connectivity index (χ1n) is 6.97. The van der Waals surface area contributed by atoms with Crippen molar-refractivity contribution < 1.29 is 0 Å². The van der Waals surface area contributed by atoms with Crippen LogP contribution in [-0.4, -0.2) is 20.2 Å². The number of benzene rings is 2. The Hall–Kier alpha value is -1.56. The molecule has 118 valence electrons. The van der Waals surface area contributed by atoms with Gasteiger partial charge in [0.2, 0.25) is 5.16 Å². The Balaban J connectivity index is 1.80. The number of hydrogen-bond acceptors (Lipinski definition) is 4. The first-order valence-corrected chi connectivity index (χ1v) is 8.71. The van der Waals surface area contributed by atoms with Crippen LogP contribution in [0, 0.1) is 13.8 Å². The Morgan fingerprint density at radius 2 is 1.83 bits per heavy atom. The molecule has 0 amide bonds. The molecule has 4 nitrogen and oxygen atoms in total. The standard InChI is InChI=1S/C16H14Cl2N4S/c1-10-3-5-13(7-11(10)2)22-16(19-20-21-22)23-9-12-4-6-14(17)15(18)8-12/h3-8H,9H2,1-2H3. The zero-order valence-corrected chi connectivity index (χ0v) is 15.0. The lowest BCUT2D eigenvalue weighted by molar-refractivity contribution is 0.755. The third-order valence-electron chi connectivity index (χ3n) is 3.53. The van der Waals surface area contributed by atoms with Crippen molar-refractivity contribution >= 4 is 35.0 Å². The van der Waals surface area contributed by atoms with Crippen LogP contribution in [0.25, 0.3) is 5.69 Å². The van der Waals surface area contributed by atoms with E-state index in [4.69, 9.17) is 23.2 Å². The molecule has 0 aliphatic rings. The Labute approximate surface area is 148 Å². The highest BCUT2D eigenvalue weighted by atomic mass is 35.5. The molecule has 0 N–H and O–H groups in total. The van der Waals surface area contributed by atoms with Crippen LogP contribution in [0.15, 0.2) is 41.6 Å². The first-order chi connectivity index (χ1) is 11.0. The van der Waals surface area contributed by atoms with Gasteiger partial charge in [0.25, 0.3) is 0 Å². The Kier molecular flexibility index (Phi) is 4.90. The Morgan fingerprint density at radius 3 is 2.57 bits per heavy atom. The number of thioether (sulfide) groups is 1. The van der Waals surface area contributed by atoms with Gasteiger partial charge in [0.15, 0.2) is 0 Å². The molecular weight excluding hydrogens is 351 g/mol. The molecule has 1 aromatic heterocycles. The number of halogens is 2. The molecule has 0 saturated heterocycles. The normalized spacial score (nSPS) is 11.0. The first kappa shape index (κ1) is 16.3. The van der Waals surface area contributed by atoms with Crippen molar-refractivity contribution in [3.05, 3.63) is 63.1 Å². The van der Waals surface area contributed by atoms with Crippen LogP contribution in [0.2, 0.25) is 10.0 Å². The molecule has 0 spiro atoms. The molecule has 3 aromatic rings. The maximum atomic E-state index is 6.05. The number of aryl methyl sites for hydroxylation is 2. The number of hydrogen-bond donors (Lipinski definition) is 0. The summed E-state index contributed by atoms with van der Waals surface area (Å²) in [6.45, 7) is 4.16. The van der Waals surface area contributed by atoms with Crippen molar-refractivity contribution in [3.8, 4) is 5.69 Å². The fourth-order valence-electron chi connectivity index (χ4n) is 2.07. The summed E-state index contributed by atoms with van der Waals surface area (Å²) in [4.78, 5) is 0. The fourth-order valence-corrected chi connectivity index (χ4v) is 3.22. The van der Waals surface area contributed by atoms with Crippen LogP contribution in [0.5, 0.6) is 0 Å². The summed E-state index contributed by atoms with van der Waals surface area (Å²) in [7, 11) is 0. The van der Waals surface area contributed by atoms with E-state index in [2.05, 4.69) is 41.5 Å². The zero-order chi connectivity index (χ0) is 16.4. The highest BCUT2D eigenvalue weighted by molar-refractivity contribution is 7.98. The molecule has 0 atom stereocenters. The maximum absolute atomic E-state index is 6.05. The van der Waals surface area contributed by atoms with Gasteiger partial charge in [-0.15, -0.1) is 5.10 Å². The van der Waals surface area contributed by atoms with Crippen molar-refractivity contribution in [3.63, 3.8) is 0 Å². The second-order valence-corrected chi connectivity index (χ2v) is 6.94. The summed E-state index contributed by atoms with van der Waals surface area (Å²) in [5.74, 6) is 0.710. The number of nitrogens with zero attached hydrogens (tertiary/aromatic N) is 4. The summed E-state index contributed by atoms with van der Waals surface area (Å²) in [6.07, 6.45) is 0. The summed E-state index contributed by atoms with van der Waals surface area (Å²) >= 11 is 13.5. The SMILES string of the molecule is Cc1ccc(-n2nnnc2SCc2ccc(Cl)c(Cl)c2)cc1C. The highest BCUT2D eigenvalue weighted by Gasteiger charge is 2.10. The van der Waals surface area contributed by atoms with Crippen LogP contribution < -0.4 is 0 Å². The van der Waals surface area contributed by atoms with Gasteiger partial charge in [-0.1, -0.05) is 47.1 Å². The molecular formula is C16H14Cl2N4S. The minimum Gasteiger partial charge on any atom is -0.187 e. The third-order valence-corrected chi connectivity index (χ3v) is 5.26. The summed E-state index contributed by atoms with van der Waals surface area (Å²) in [6, 6.07) is 11.8. The van der Waals surface area contributed by atoms with Gasteiger partial charge in [0, 0.05) is 5.75 Å². The molecule has 0 unspecified atom stereocenters. The lowest BCUT2D eigenvalue weighted by Gasteiger charge is -2.07. The molecule has 1 heterocycles. The molecule has 2 aromatic carbocycles. The van der Waals surface area contributed by atoms with E-state index in [0.29, 0.717) is 15.8 Å². The Bertz CT molecular complexity index is 848. The van der Waals surface area contributed by atoms with Gasteiger partial charge < -0.3 is 0 Å². The van der Waals surface area contributed by atoms with E-state index >= 15 is 0 Å². The Morgan fingerprint density at radius 1 is 1.00 bits per heavy atom. The van der Waals surface area contributed by atoms with E-state index in [-0.39, 0.29) is 0 Å². The van der Waals surface area contributed by atoms with Gasteiger partial charge in [0.1, 0.15) is 0 Å². The summed E-state index contributed by atoms with van der Waals surface area (Å²) in [5.41, 5.74) is 4.47. The summed E-state index contributed by atoms with van der Waals surface area (Å²) in [5, 5.41) is 13.8. The second-order valence-electron chi connectivity index (χ2n) is 5.18. The van der Waals surface area contributed by atoms with Gasteiger partial charge >= 0.3 is 0 Å². The van der Waals surface area contributed by atoms with Crippen molar-refractivity contribution in [2.75, 3.05) is 0 Å². The van der Waals surface area contributed by atoms with Crippen LogP contribution in [0.3, 0.4) is 0 Å². The van der Waals surface area contributed by atoms with Crippen molar-refractivity contribution in [1.29, 1.82) is 0 Å². The molecule has 0 saturated carbocycles. The lowest BCUT2D eigenvalue weighted by atomic mass is 10.1. The average Bonchev–Trinajstić information content (AvgIpc) is 3.00. The van der Waals surface area contributed by atoms with Gasteiger partial charge in [0.05, 0.1) is 15.7 Å². The van der Waals surface area contributed by atoms with E-state index in [1.54, 1.807) is 22.5 Å². The minimum absolute atomic E-state index is 0.554. The minimum atomic E-state index is 0.554. The van der Waals surface area contributed by atoms with Gasteiger partial charge in [-0.2, -0.15) is 4.68 Å². The predicted molar refractivity (Wildman–Crippen MR) is 94.7 cm³/mol. The molecule has 23 heavy (non-hydrogen) atoms. The quantitative estimate of drug-likeness (QED) is 0.618. The lowest BCUT2D eigenvalue weighted by Crippen LogP contribution is -2.00. The molecule has 3 rings (SSSR count). The monoisotopic (exact) mass is 364 g/mol. The van der Waals surface area contributed by atoms with Gasteiger partial charge in [-0.05, 0) is 65.2 Å². The van der Waals surface area contributed by atoms with Crippen molar-refractivity contribution in [2.24, 2.45) is 0 Å². The van der Waals surface area contributed by atoms with E-state index in [1.807, 2.05) is 18.2 Å². The van der Waals surface area contributed by atoms with E-state index in [1.165, 1.54) is 11.1 Å². The largest absolute Gasteiger partial charge is 0.214 e. The van der Waals surface area contributed by atoms with E-state index in [9.17, 15) is 0 Å². The second kappa shape index (κ2) is 6.91. The topological polar surface area (TPSA) is 43.6 Å². The molecule has 0 aliphatic carbocycles. The molecule has 0 fully saturated rings. The van der Waals surface area contributed by atoms with Gasteiger partial charge in [-0.25, -0.2) is 0 Å². The van der Waals surface area contributed by atoms with Crippen LogP contribution >= 0.6 is 35.0 Å². The maximum Gasteiger partial charge on any atom is 0.214 e. The number of tetrazole rings is 1. The molecule has 0 aliphatic heterocycles.